The minimum atomic E-state index is -3.92. The third-order valence-corrected chi connectivity index (χ3v) is 6.03. The molecule has 0 radical (unpaired) electrons. The van der Waals surface area contributed by atoms with Crippen molar-refractivity contribution in [3.63, 3.8) is 0 Å². The summed E-state index contributed by atoms with van der Waals surface area (Å²) in [7, 11) is -3.92. The van der Waals surface area contributed by atoms with Crippen molar-refractivity contribution >= 4 is 54.1 Å². The lowest BCUT2D eigenvalue weighted by atomic mass is 10.5. The number of thiazole rings is 1. The topological polar surface area (TPSA) is 114 Å². The predicted octanol–water partition coefficient (Wildman–Crippen LogP) is 2.27. The molecule has 0 unspecified atom stereocenters. The van der Waals surface area contributed by atoms with Crippen molar-refractivity contribution in [1.29, 1.82) is 0 Å². The number of halogens is 1. The van der Waals surface area contributed by atoms with Crippen LogP contribution in [-0.2, 0) is 14.8 Å². The molecule has 0 saturated heterocycles. The van der Waals surface area contributed by atoms with Crippen molar-refractivity contribution in [3.05, 3.63) is 15.9 Å². The fourth-order valence-corrected chi connectivity index (χ4v) is 4.01. The first-order valence-electron chi connectivity index (χ1n) is 5.60. The molecule has 8 nitrogen and oxygen atoms in total. The van der Waals surface area contributed by atoms with Crippen LogP contribution >= 0.6 is 27.3 Å². The summed E-state index contributed by atoms with van der Waals surface area (Å²) in [5.41, 5.74) is 0.936. The van der Waals surface area contributed by atoms with Gasteiger partial charge in [0.05, 0.1) is 11.4 Å². The second-order valence-corrected chi connectivity index (χ2v) is 7.74. The summed E-state index contributed by atoms with van der Waals surface area (Å²) in [6, 6.07) is 0. The number of nitrogens with zero attached hydrogens (tertiary/aromatic N) is 2. The van der Waals surface area contributed by atoms with Crippen molar-refractivity contribution in [3.8, 4) is 0 Å². The predicted molar refractivity (Wildman–Crippen MR) is 80.9 cm³/mol. The van der Waals surface area contributed by atoms with Gasteiger partial charge in [-0.1, -0.05) is 16.5 Å². The Bertz CT molecular complexity index is 796. The molecule has 114 valence electrons. The van der Waals surface area contributed by atoms with Crippen LogP contribution in [0.2, 0.25) is 0 Å². The van der Waals surface area contributed by atoms with Gasteiger partial charge in [-0.3, -0.25) is 4.79 Å². The van der Waals surface area contributed by atoms with Crippen LogP contribution in [0.1, 0.15) is 18.3 Å². The fraction of sp³-hybridized carbons (Fsp3) is 0.300. The molecule has 11 heteroatoms. The first-order chi connectivity index (χ1) is 9.70. The van der Waals surface area contributed by atoms with Gasteiger partial charge in [0.2, 0.25) is 10.2 Å². The normalized spacial score (nSPS) is 11.4. The molecule has 0 aliphatic rings. The Labute approximate surface area is 133 Å². The SMILES string of the molecule is CC(=O)Nc1sc(S(=O)(=O)Nc2onc(C)c2Br)nc1C. The van der Waals surface area contributed by atoms with Gasteiger partial charge in [-0.05, 0) is 29.8 Å². The van der Waals surface area contributed by atoms with E-state index in [0.29, 0.717) is 20.9 Å². The molecule has 2 rings (SSSR count). The van der Waals surface area contributed by atoms with Crippen molar-refractivity contribution < 1.29 is 17.7 Å². The Hall–Kier alpha value is -1.46. The number of sulfonamides is 1. The summed E-state index contributed by atoms with van der Waals surface area (Å²) < 4.78 is 31.8. The molecule has 0 aliphatic carbocycles. The molecule has 0 fully saturated rings. The highest BCUT2D eigenvalue weighted by atomic mass is 79.9. The summed E-state index contributed by atoms with van der Waals surface area (Å²) >= 11 is 4.03. The van der Waals surface area contributed by atoms with Crippen LogP contribution in [0.4, 0.5) is 10.9 Å². The number of carbonyl (C=O) groups is 1. The van der Waals surface area contributed by atoms with E-state index in [1.807, 2.05) is 0 Å². The molecule has 1 amide bonds. The summed E-state index contributed by atoms with van der Waals surface area (Å²) in [6.45, 7) is 4.60. The summed E-state index contributed by atoms with van der Waals surface area (Å²) in [5.74, 6) is -0.325. The van der Waals surface area contributed by atoms with Gasteiger partial charge in [-0.15, -0.1) is 0 Å². The summed E-state index contributed by atoms with van der Waals surface area (Å²) in [4.78, 5) is 15.0. The zero-order chi connectivity index (χ0) is 15.8. The third kappa shape index (κ3) is 3.41. The molecular formula is C10H11BrN4O4S2. The van der Waals surface area contributed by atoms with Gasteiger partial charge in [0, 0.05) is 6.92 Å². The van der Waals surface area contributed by atoms with Crippen molar-refractivity contribution in [2.24, 2.45) is 0 Å². The first kappa shape index (κ1) is 15.9. The molecule has 0 aromatic carbocycles. The maximum Gasteiger partial charge on any atom is 0.291 e. The molecule has 0 spiro atoms. The first-order valence-corrected chi connectivity index (χ1v) is 8.69. The highest BCUT2D eigenvalue weighted by Crippen LogP contribution is 2.31. The molecule has 2 aromatic rings. The third-order valence-electron chi connectivity index (χ3n) is 2.31. The van der Waals surface area contributed by atoms with E-state index in [0.717, 1.165) is 11.3 Å². The van der Waals surface area contributed by atoms with E-state index in [1.54, 1.807) is 13.8 Å². The molecule has 0 aliphatic heterocycles. The zero-order valence-electron chi connectivity index (χ0n) is 11.2. The quantitative estimate of drug-likeness (QED) is 0.821. The lowest BCUT2D eigenvalue weighted by Crippen LogP contribution is -2.12. The van der Waals surface area contributed by atoms with Crippen LogP contribution in [-0.4, -0.2) is 24.5 Å². The molecule has 2 N–H and O–H groups in total. The van der Waals surface area contributed by atoms with Gasteiger partial charge in [0.25, 0.3) is 15.9 Å². The van der Waals surface area contributed by atoms with Gasteiger partial charge in [0.1, 0.15) is 9.47 Å². The fourth-order valence-electron chi connectivity index (χ4n) is 1.35. The Kier molecular flexibility index (Phi) is 4.35. The second-order valence-electron chi connectivity index (χ2n) is 4.09. The lowest BCUT2D eigenvalue weighted by Gasteiger charge is -2.01. The minimum absolute atomic E-state index is 0.0265. The number of hydrogen-bond acceptors (Lipinski definition) is 7. The average molecular weight is 395 g/mol. The van der Waals surface area contributed by atoms with E-state index in [9.17, 15) is 13.2 Å². The standard InChI is InChI=1S/C10H11BrN4O4S2/c1-4-7(11)8(19-14-4)15-21(17,18)10-12-5(2)9(20-10)13-6(3)16/h15H,1-3H3,(H,13,16). The van der Waals surface area contributed by atoms with Crippen LogP contribution in [0.15, 0.2) is 13.3 Å². The van der Waals surface area contributed by atoms with Crippen LogP contribution in [0.25, 0.3) is 0 Å². The minimum Gasteiger partial charge on any atom is -0.336 e. The van der Waals surface area contributed by atoms with Crippen molar-refractivity contribution in [1.82, 2.24) is 10.1 Å². The highest BCUT2D eigenvalue weighted by Gasteiger charge is 2.24. The summed E-state index contributed by atoms with van der Waals surface area (Å²) in [5, 5.41) is 6.54. The number of rotatable bonds is 4. The number of aromatic nitrogens is 2. The molecule has 0 atom stereocenters. The molecule has 2 aromatic heterocycles. The van der Waals surface area contributed by atoms with Gasteiger partial charge < -0.3 is 9.84 Å². The zero-order valence-corrected chi connectivity index (χ0v) is 14.4. The number of anilines is 2. The maximum absolute atomic E-state index is 12.2. The van der Waals surface area contributed by atoms with Crippen molar-refractivity contribution in [2.75, 3.05) is 10.0 Å². The average Bonchev–Trinajstić information content (AvgIpc) is 2.87. The van der Waals surface area contributed by atoms with Gasteiger partial charge in [0.15, 0.2) is 0 Å². The monoisotopic (exact) mass is 394 g/mol. The number of aryl methyl sites for hydroxylation is 2. The summed E-state index contributed by atoms with van der Waals surface area (Å²) in [6.07, 6.45) is 0. The Morgan fingerprint density at radius 1 is 1.33 bits per heavy atom. The molecule has 0 saturated carbocycles. The number of hydrogen-bond donors (Lipinski definition) is 2. The van der Waals surface area contributed by atoms with E-state index in [-0.39, 0.29) is 16.1 Å². The smallest absolute Gasteiger partial charge is 0.291 e. The van der Waals surface area contributed by atoms with E-state index in [2.05, 4.69) is 36.1 Å². The number of nitrogens with one attached hydrogen (secondary N) is 2. The van der Waals surface area contributed by atoms with Crippen LogP contribution in [0, 0.1) is 13.8 Å². The van der Waals surface area contributed by atoms with Crippen LogP contribution < -0.4 is 10.0 Å². The van der Waals surface area contributed by atoms with E-state index in [1.165, 1.54) is 6.92 Å². The van der Waals surface area contributed by atoms with Gasteiger partial charge in [-0.2, -0.15) is 8.42 Å². The Morgan fingerprint density at radius 3 is 2.52 bits per heavy atom. The number of carbonyl (C=O) groups excluding carboxylic acids is 1. The van der Waals surface area contributed by atoms with E-state index in [4.69, 9.17) is 4.52 Å². The van der Waals surface area contributed by atoms with E-state index < -0.39 is 10.0 Å². The Balaban J connectivity index is 2.32. The molecule has 2 heterocycles. The van der Waals surface area contributed by atoms with Crippen LogP contribution in [0.3, 0.4) is 0 Å². The van der Waals surface area contributed by atoms with Crippen molar-refractivity contribution in [2.45, 2.75) is 25.1 Å². The largest absolute Gasteiger partial charge is 0.336 e. The molecule has 0 bridgehead atoms. The molecule has 21 heavy (non-hydrogen) atoms. The van der Waals surface area contributed by atoms with Crippen LogP contribution in [0.5, 0.6) is 0 Å². The van der Waals surface area contributed by atoms with Gasteiger partial charge >= 0.3 is 0 Å². The highest BCUT2D eigenvalue weighted by molar-refractivity contribution is 9.10. The number of amides is 1. The second kappa shape index (κ2) is 5.73. The van der Waals surface area contributed by atoms with E-state index >= 15 is 0 Å². The lowest BCUT2D eigenvalue weighted by molar-refractivity contribution is -0.114. The maximum atomic E-state index is 12.2. The molecular weight excluding hydrogens is 384 g/mol. The Morgan fingerprint density at radius 2 is 2.00 bits per heavy atom. The van der Waals surface area contributed by atoms with Gasteiger partial charge in [-0.25, -0.2) is 9.71 Å².